The standard InChI is InChI=1S/C31H32ClNO4/c32-28-18-27-25(20-34)15-17-36-29(27)19-30(28)37-26-12-10-24(11-13-26)31(35)33-16-14-21-6-8-23(9-7-21)22-4-2-1-3-5-22/h1-6,8,10-13,18-19,21,23,25,34H,7,9,14-17,20H2,(H,33,35). The summed E-state index contributed by atoms with van der Waals surface area (Å²) in [6.07, 6.45) is 8.59. The van der Waals surface area contributed by atoms with Gasteiger partial charge in [-0.15, -0.1) is 0 Å². The zero-order valence-corrected chi connectivity index (χ0v) is 21.5. The number of amides is 1. The van der Waals surface area contributed by atoms with Crippen LogP contribution in [-0.4, -0.2) is 30.8 Å². The second-order valence-electron chi connectivity index (χ2n) is 9.75. The van der Waals surface area contributed by atoms with Gasteiger partial charge in [0.15, 0.2) is 0 Å². The van der Waals surface area contributed by atoms with E-state index in [0.29, 0.717) is 52.8 Å². The number of aliphatic hydroxyl groups excluding tert-OH is 1. The Hall–Kier alpha value is -3.28. The molecule has 1 heterocycles. The van der Waals surface area contributed by atoms with Gasteiger partial charge in [0.1, 0.15) is 17.2 Å². The van der Waals surface area contributed by atoms with E-state index < -0.39 is 0 Å². The van der Waals surface area contributed by atoms with Crippen LogP contribution in [0.1, 0.15) is 59.0 Å². The molecule has 2 aliphatic rings. The maximum atomic E-state index is 12.6. The van der Waals surface area contributed by atoms with Crippen molar-refractivity contribution in [2.24, 2.45) is 5.92 Å². The van der Waals surface area contributed by atoms with Gasteiger partial charge in [0.2, 0.25) is 0 Å². The van der Waals surface area contributed by atoms with Crippen molar-refractivity contribution in [2.45, 2.75) is 37.5 Å². The third-order valence-corrected chi connectivity index (χ3v) is 7.58. The Labute approximate surface area is 223 Å². The van der Waals surface area contributed by atoms with E-state index in [1.54, 1.807) is 36.4 Å². The number of hydrogen-bond acceptors (Lipinski definition) is 4. The SMILES string of the molecule is O=C(NCCC1C=CC(c2ccccc2)CC1)c1ccc(Oc2cc3c(cc2Cl)C(CO)CCO3)cc1. The van der Waals surface area contributed by atoms with E-state index in [2.05, 4.69) is 47.8 Å². The summed E-state index contributed by atoms with van der Waals surface area (Å²) >= 11 is 6.44. The number of aliphatic hydroxyl groups is 1. The Morgan fingerprint density at radius 3 is 2.57 bits per heavy atom. The van der Waals surface area contributed by atoms with Gasteiger partial charge in [-0.25, -0.2) is 0 Å². The molecule has 0 spiro atoms. The molecule has 1 amide bonds. The Morgan fingerprint density at radius 2 is 1.84 bits per heavy atom. The van der Waals surface area contributed by atoms with Crippen molar-refractivity contribution in [1.82, 2.24) is 5.32 Å². The van der Waals surface area contributed by atoms with Crippen molar-refractivity contribution in [3.05, 3.63) is 101 Å². The summed E-state index contributed by atoms with van der Waals surface area (Å²) in [6.45, 7) is 1.25. The maximum Gasteiger partial charge on any atom is 0.251 e. The highest BCUT2D eigenvalue weighted by atomic mass is 35.5. The fraction of sp³-hybridized carbons (Fsp3) is 0.323. The van der Waals surface area contributed by atoms with E-state index >= 15 is 0 Å². The molecule has 5 nitrogen and oxygen atoms in total. The summed E-state index contributed by atoms with van der Waals surface area (Å²) in [4.78, 5) is 12.6. The van der Waals surface area contributed by atoms with Gasteiger partial charge in [-0.2, -0.15) is 0 Å². The Kier molecular flexibility index (Phi) is 8.12. The number of nitrogens with one attached hydrogen (secondary N) is 1. The number of halogens is 1. The van der Waals surface area contributed by atoms with Gasteiger partial charge in [-0.1, -0.05) is 54.1 Å². The fourth-order valence-corrected chi connectivity index (χ4v) is 5.31. The number of fused-ring (bicyclic) bond motifs is 1. The third-order valence-electron chi connectivity index (χ3n) is 7.29. The Morgan fingerprint density at radius 1 is 1.03 bits per heavy atom. The summed E-state index contributed by atoms with van der Waals surface area (Å²) in [6, 6.07) is 21.2. The van der Waals surface area contributed by atoms with Crippen molar-refractivity contribution in [1.29, 1.82) is 0 Å². The number of allylic oxidation sites excluding steroid dienone is 2. The molecule has 1 aliphatic carbocycles. The molecule has 37 heavy (non-hydrogen) atoms. The van der Waals surface area contributed by atoms with Crippen LogP contribution in [0.3, 0.4) is 0 Å². The van der Waals surface area contributed by atoms with E-state index in [-0.39, 0.29) is 18.4 Å². The van der Waals surface area contributed by atoms with Crippen LogP contribution in [0.5, 0.6) is 17.2 Å². The van der Waals surface area contributed by atoms with Gasteiger partial charge in [0.05, 0.1) is 18.2 Å². The van der Waals surface area contributed by atoms with Gasteiger partial charge < -0.3 is 19.9 Å². The van der Waals surface area contributed by atoms with Crippen LogP contribution in [0.15, 0.2) is 78.9 Å². The lowest BCUT2D eigenvalue weighted by atomic mass is 9.83. The van der Waals surface area contributed by atoms with E-state index in [9.17, 15) is 9.90 Å². The van der Waals surface area contributed by atoms with Crippen LogP contribution in [0.4, 0.5) is 0 Å². The van der Waals surface area contributed by atoms with Gasteiger partial charge in [0.25, 0.3) is 5.91 Å². The van der Waals surface area contributed by atoms with Crippen LogP contribution in [0.2, 0.25) is 5.02 Å². The second kappa shape index (κ2) is 11.8. The second-order valence-corrected chi connectivity index (χ2v) is 10.2. The molecule has 192 valence electrons. The molecule has 6 heteroatoms. The number of carbonyl (C=O) groups is 1. The van der Waals surface area contributed by atoms with Crippen LogP contribution >= 0.6 is 11.6 Å². The molecular weight excluding hydrogens is 486 g/mol. The molecule has 3 atom stereocenters. The average Bonchev–Trinajstić information content (AvgIpc) is 2.94. The highest BCUT2D eigenvalue weighted by Crippen LogP contribution is 2.41. The predicted molar refractivity (Wildman–Crippen MR) is 146 cm³/mol. The zero-order chi connectivity index (χ0) is 25.6. The summed E-state index contributed by atoms with van der Waals surface area (Å²) in [5.41, 5.74) is 2.86. The van der Waals surface area contributed by atoms with Crippen molar-refractivity contribution in [3.63, 3.8) is 0 Å². The third kappa shape index (κ3) is 6.17. The van der Waals surface area contributed by atoms with Crippen molar-refractivity contribution in [3.8, 4) is 17.2 Å². The highest BCUT2D eigenvalue weighted by molar-refractivity contribution is 6.32. The summed E-state index contributed by atoms with van der Waals surface area (Å²) < 4.78 is 11.7. The monoisotopic (exact) mass is 517 g/mol. The molecule has 5 rings (SSSR count). The van der Waals surface area contributed by atoms with Crippen molar-refractivity contribution < 1.29 is 19.4 Å². The molecule has 0 fully saturated rings. The quantitative estimate of drug-likeness (QED) is 0.320. The summed E-state index contributed by atoms with van der Waals surface area (Å²) in [5, 5.41) is 13.1. The molecule has 2 N–H and O–H groups in total. The lowest BCUT2D eigenvalue weighted by molar-refractivity contribution is 0.0952. The first-order valence-corrected chi connectivity index (χ1v) is 13.3. The van der Waals surface area contributed by atoms with E-state index in [1.807, 2.05) is 0 Å². The highest BCUT2D eigenvalue weighted by Gasteiger charge is 2.23. The first-order valence-electron chi connectivity index (χ1n) is 13.0. The summed E-state index contributed by atoms with van der Waals surface area (Å²) in [5.74, 6) is 2.66. The molecule has 3 aromatic rings. The Balaban J connectivity index is 1.12. The minimum atomic E-state index is -0.0937. The number of benzene rings is 3. The molecule has 3 unspecified atom stereocenters. The molecule has 0 saturated heterocycles. The lowest BCUT2D eigenvalue weighted by Gasteiger charge is -2.25. The fourth-order valence-electron chi connectivity index (χ4n) is 5.10. The van der Waals surface area contributed by atoms with Gasteiger partial charge >= 0.3 is 0 Å². The van der Waals surface area contributed by atoms with Gasteiger partial charge in [-0.3, -0.25) is 4.79 Å². The summed E-state index contributed by atoms with van der Waals surface area (Å²) in [7, 11) is 0. The van der Waals surface area contributed by atoms with Crippen LogP contribution in [-0.2, 0) is 0 Å². The molecule has 0 saturated carbocycles. The molecular formula is C31H32ClNO4. The minimum absolute atomic E-state index is 0.0217. The topological polar surface area (TPSA) is 67.8 Å². The van der Waals surface area contributed by atoms with E-state index in [1.165, 1.54) is 5.56 Å². The van der Waals surface area contributed by atoms with Crippen molar-refractivity contribution in [2.75, 3.05) is 19.8 Å². The normalized spacial score (nSPS) is 20.5. The van der Waals surface area contributed by atoms with E-state index in [0.717, 1.165) is 31.2 Å². The van der Waals surface area contributed by atoms with Gasteiger partial charge in [0, 0.05) is 35.6 Å². The molecule has 0 radical (unpaired) electrons. The molecule has 0 bridgehead atoms. The minimum Gasteiger partial charge on any atom is -0.493 e. The average molecular weight is 518 g/mol. The van der Waals surface area contributed by atoms with Crippen LogP contribution in [0.25, 0.3) is 0 Å². The largest absolute Gasteiger partial charge is 0.493 e. The number of rotatable bonds is 8. The molecule has 3 aromatic carbocycles. The first kappa shape index (κ1) is 25.4. The molecule has 1 aliphatic heterocycles. The lowest BCUT2D eigenvalue weighted by Crippen LogP contribution is -2.26. The zero-order valence-electron chi connectivity index (χ0n) is 20.7. The van der Waals surface area contributed by atoms with Crippen molar-refractivity contribution >= 4 is 17.5 Å². The molecule has 0 aromatic heterocycles. The number of carbonyl (C=O) groups excluding carboxylic acids is 1. The van der Waals surface area contributed by atoms with Crippen LogP contribution < -0.4 is 14.8 Å². The number of hydrogen-bond donors (Lipinski definition) is 2. The first-order chi connectivity index (χ1) is 18.1. The predicted octanol–water partition coefficient (Wildman–Crippen LogP) is 6.86. The number of ether oxygens (including phenoxy) is 2. The maximum absolute atomic E-state index is 12.6. The van der Waals surface area contributed by atoms with Crippen LogP contribution in [0, 0.1) is 5.92 Å². The van der Waals surface area contributed by atoms with Gasteiger partial charge in [-0.05, 0) is 67.5 Å². The van der Waals surface area contributed by atoms with E-state index in [4.69, 9.17) is 21.1 Å². The smallest absolute Gasteiger partial charge is 0.251 e. The Bertz CT molecular complexity index is 1240.